The number of aromatic amines is 1. The van der Waals surface area contributed by atoms with Crippen molar-refractivity contribution in [2.75, 3.05) is 6.54 Å². The second-order valence-corrected chi connectivity index (χ2v) is 7.60. The smallest absolute Gasteiger partial charge is 0.322 e. The van der Waals surface area contributed by atoms with Crippen molar-refractivity contribution in [3.8, 4) is 0 Å². The summed E-state index contributed by atoms with van der Waals surface area (Å²) < 4.78 is 66.1. The molecule has 1 aromatic heterocycles. The maximum Gasteiger partial charge on any atom is 0.417 e. The van der Waals surface area contributed by atoms with Gasteiger partial charge in [-0.2, -0.15) is 13.2 Å². The fourth-order valence-electron chi connectivity index (χ4n) is 2.20. The molecule has 0 bridgehead atoms. The lowest BCUT2D eigenvalue weighted by atomic mass is 10.1. The Bertz CT molecular complexity index is 902. The summed E-state index contributed by atoms with van der Waals surface area (Å²) in [5.41, 5.74) is -2.14. The van der Waals surface area contributed by atoms with Gasteiger partial charge in [0.2, 0.25) is 15.6 Å². The molecule has 132 valence electrons. The Morgan fingerprint density at radius 1 is 1.21 bits per heavy atom. The van der Waals surface area contributed by atoms with Gasteiger partial charge in [-0.25, -0.2) is 13.1 Å². The Morgan fingerprint density at radius 2 is 1.88 bits per heavy atom. The van der Waals surface area contributed by atoms with E-state index < -0.39 is 27.3 Å². The fourth-order valence-corrected chi connectivity index (χ4v) is 3.27. The van der Waals surface area contributed by atoms with Crippen molar-refractivity contribution in [2.45, 2.75) is 31.3 Å². The first-order valence-electron chi connectivity index (χ1n) is 7.24. The van der Waals surface area contributed by atoms with E-state index in [9.17, 15) is 26.4 Å². The number of halogens is 3. The molecule has 0 amide bonds. The summed E-state index contributed by atoms with van der Waals surface area (Å²) in [6, 6.07) is 3.66. The van der Waals surface area contributed by atoms with Gasteiger partial charge in [-0.1, -0.05) is 13.8 Å². The van der Waals surface area contributed by atoms with E-state index in [-0.39, 0.29) is 28.3 Å². The van der Waals surface area contributed by atoms with Crippen LogP contribution in [-0.4, -0.2) is 19.9 Å². The predicted octanol–water partition coefficient (Wildman–Crippen LogP) is 2.87. The highest BCUT2D eigenvalue weighted by Gasteiger charge is 2.33. The van der Waals surface area contributed by atoms with Crippen molar-refractivity contribution >= 4 is 20.9 Å². The standard InChI is InChI=1S/C15H17F3N2O3S/c1-9(2)5-6-19-24(22,23)10-3-4-13-11(7-10)12(15(16,17)18)8-14(21)20-13/h3-4,7-9,19H,5-6H2,1-2H3,(H,20,21). The summed E-state index contributed by atoms with van der Waals surface area (Å²) in [5.74, 6) is 0.284. The van der Waals surface area contributed by atoms with Crippen LogP contribution in [0.25, 0.3) is 10.9 Å². The minimum atomic E-state index is -4.76. The lowest BCUT2D eigenvalue weighted by Gasteiger charge is -2.12. The molecule has 0 unspecified atom stereocenters. The van der Waals surface area contributed by atoms with Crippen molar-refractivity contribution in [1.82, 2.24) is 9.71 Å². The lowest BCUT2D eigenvalue weighted by molar-refractivity contribution is -0.136. The highest BCUT2D eigenvalue weighted by molar-refractivity contribution is 7.89. The van der Waals surface area contributed by atoms with Gasteiger partial charge in [0.25, 0.3) is 0 Å². The van der Waals surface area contributed by atoms with E-state index >= 15 is 0 Å². The van der Waals surface area contributed by atoms with Crippen LogP contribution in [-0.2, 0) is 16.2 Å². The molecule has 0 aliphatic heterocycles. The molecule has 0 aliphatic carbocycles. The molecule has 2 aromatic rings. The van der Waals surface area contributed by atoms with E-state index in [4.69, 9.17) is 0 Å². The predicted molar refractivity (Wildman–Crippen MR) is 84.2 cm³/mol. The first-order valence-corrected chi connectivity index (χ1v) is 8.73. The Labute approximate surface area is 136 Å². The zero-order chi connectivity index (χ0) is 18.1. The topological polar surface area (TPSA) is 79.0 Å². The zero-order valence-corrected chi connectivity index (χ0v) is 13.9. The third-order valence-electron chi connectivity index (χ3n) is 3.44. The molecule has 5 nitrogen and oxygen atoms in total. The van der Waals surface area contributed by atoms with Gasteiger partial charge in [0, 0.05) is 23.5 Å². The van der Waals surface area contributed by atoms with Gasteiger partial charge in [-0.05, 0) is 30.5 Å². The van der Waals surface area contributed by atoms with Crippen molar-refractivity contribution in [2.24, 2.45) is 5.92 Å². The quantitative estimate of drug-likeness (QED) is 0.858. The average molecular weight is 362 g/mol. The molecule has 0 saturated carbocycles. The van der Waals surface area contributed by atoms with E-state index in [1.807, 2.05) is 13.8 Å². The van der Waals surface area contributed by atoms with Crippen LogP contribution in [0.1, 0.15) is 25.8 Å². The molecule has 0 saturated heterocycles. The molecular weight excluding hydrogens is 345 g/mol. The summed E-state index contributed by atoms with van der Waals surface area (Å²) in [6.45, 7) is 4.04. The second-order valence-electron chi connectivity index (χ2n) is 5.83. The van der Waals surface area contributed by atoms with Crippen molar-refractivity contribution in [1.29, 1.82) is 0 Å². The third-order valence-corrected chi connectivity index (χ3v) is 4.90. The molecule has 0 radical (unpaired) electrons. The molecule has 9 heteroatoms. The number of rotatable bonds is 5. The number of H-pyrrole nitrogens is 1. The second kappa shape index (κ2) is 6.56. The SMILES string of the molecule is CC(C)CCNS(=O)(=O)c1ccc2[nH]c(=O)cc(C(F)(F)F)c2c1. The fraction of sp³-hybridized carbons (Fsp3) is 0.400. The average Bonchev–Trinajstić information content (AvgIpc) is 2.44. The van der Waals surface area contributed by atoms with Gasteiger partial charge in [0.1, 0.15) is 0 Å². The summed E-state index contributed by atoms with van der Waals surface area (Å²) in [6.07, 6.45) is -4.16. The van der Waals surface area contributed by atoms with Gasteiger partial charge in [0.15, 0.2) is 0 Å². The number of pyridine rings is 1. The van der Waals surface area contributed by atoms with Crippen LogP contribution in [0.2, 0.25) is 0 Å². The number of nitrogens with one attached hydrogen (secondary N) is 2. The normalized spacial score (nSPS) is 12.9. The summed E-state index contributed by atoms with van der Waals surface area (Å²) in [7, 11) is -3.93. The molecule has 1 heterocycles. The number of fused-ring (bicyclic) bond motifs is 1. The number of aromatic nitrogens is 1. The minimum absolute atomic E-state index is 0.0732. The van der Waals surface area contributed by atoms with Gasteiger partial charge in [-0.3, -0.25) is 4.79 Å². The molecule has 2 rings (SSSR count). The maximum atomic E-state index is 13.1. The minimum Gasteiger partial charge on any atom is -0.322 e. The summed E-state index contributed by atoms with van der Waals surface area (Å²) in [5, 5.41) is -0.367. The number of hydrogen-bond donors (Lipinski definition) is 2. The molecule has 2 N–H and O–H groups in total. The van der Waals surface area contributed by atoms with Crippen LogP contribution in [0.5, 0.6) is 0 Å². The summed E-state index contributed by atoms with van der Waals surface area (Å²) >= 11 is 0. The summed E-state index contributed by atoms with van der Waals surface area (Å²) in [4.78, 5) is 13.3. The van der Waals surface area contributed by atoms with E-state index in [1.54, 1.807) is 0 Å². The van der Waals surface area contributed by atoms with E-state index in [1.165, 1.54) is 0 Å². The molecular formula is C15H17F3N2O3S. The molecule has 1 aromatic carbocycles. The highest BCUT2D eigenvalue weighted by Crippen LogP contribution is 2.34. The number of alkyl halides is 3. The van der Waals surface area contributed by atoms with Crippen LogP contribution in [0, 0.1) is 5.92 Å². The zero-order valence-electron chi connectivity index (χ0n) is 13.1. The Morgan fingerprint density at radius 3 is 2.46 bits per heavy atom. The Kier molecular flexibility index (Phi) is 5.05. The highest BCUT2D eigenvalue weighted by atomic mass is 32.2. The van der Waals surface area contributed by atoms with Gasteiger partial charge in [-0.15, -0.1) is 0 Å². The first kappa shape index (κ1) is 18.5. The molecule has 24 heavy (non-hydrogen) atoms. The van der Waals surface area contributed by atoms with E-state index in [0.29, 0.717) is 12.5 Å². The van der Waals surface area contributed by atoms with Gasteiger partial charge >= 0.3 is 6.18 Å². The van der Waals surface area contributed by atoms with Crippen LogP contribution in [0.4, 0.5) is 13.2 Å². The monoisotopic (exact) mass is 362 g/mol. The van der Waals surface area contributed by atoms with Crippen molar-refractivity contribution in [3.05, 3.63) is 40.2 Å². The van der Waals surface area contributed by atoms with Gasteiger partial charge in [0.05, 0.1) is 10.5 Å². The van der Waals surface area contributed by atoms with Crippen molar-refractivity contribution in [3.63, 3.8) is 0 Å². The Balaban J connectivity index is 2.51. The lowest BCUT2D eigenvalue weighted by Crippen LogP contribution is -2.25. The number of sulfonamides is 1. The third kappa shape index (κ3) is 4.15. The largest absolute Gasteiger partial charge is 0.417 e. The van der Waals surface area contributed by atoms with E-state index in [2.05, 4.69) is 9.71 Å². The van der Waals surface area contributed by atoms with Crippen molar-refractivity contribution < 1.29 is 21.6 Å². The maximum absolute atomic E-state index is 13.1. The molecule has 0 atom stereocenters. The van der Waals surface area contributed by atoms with Crippen LogP contribution in [0.3, 0.4) is 0 Å². The van der Waals surface area contributed by atoms with E-state index in [0.717, 1.165) is 18.2 Å². The number of benzene rings is 1. The molecule has 0 spiro atoms. The van der Waals surface area contributed by atoms with Crippen LogP contribution in [0.15, 0.2) is 34.0 Å². The van der Waals surface area contributed by atoms with Gasteiger partial charge < -0.3 is 4.98 Å². The van der Waals surface area contributed by atoms with Crippen LogP contribution >= 0.6 is 0 Å². The Hall–Kier alpha value is -1.87. The molecule has 0 aliphatic rings. The van der Waals surface area contributed by atoms with Crippen LogP contribution < -0.4 is 10.3 Å². The number of hydrogen-bond acceptors (Lipinski definition) is 3. The first-order chi connectivity index (χ1) is 11.0. The molecule has 0 fully saturated rings.